The van der Waals surface area contributed by atoms with Crippen LogP contribution in [0.5, 0.6) is 0 Å². The zero-order chi connectivity index (χ0) is 28.0. The molecule has 6 bridgehead atoms. The lowest BCUT2D eigenvalue weighted by atomic mass is 9.50. The number of hydrogen-bond acceptors (Lipinski definition) is 2. The molecule has 0 aromatic heterocycles. The highest BCUT2D eigenvalue weighted by atomic mass is 16.4. The molecule has 7 aliphatic rings. The van der Waals surface area contributed by atoms with Crippen LogP contribution in [-0.4, -0.2) is 35.0 Å². The first kappa shape index (κ1) is 26.8. The van der Waals surface area contributed by atoms with Crippen LogP contribution in [0.1, 0.15) is 121 Å². The summed E-state index contributed by atoms with van der Waals surface area (Å²) >= 11 is 0. The topological polar surface area (TPSA) is 57.6 Å². The summed E-state index contributed by atoms with van der Waals surface area (Å²) in [5, 5.41) is 10.6. The van der Waals surface area contributed by atoms with E-state index in [1.807, 2.05) is 0 Å². The molecule has 4 nitrogen and oxygen atoms in total. The molecule has 0 aliphatic heterocycles. The Balaban J connectivity index is 0.974. The highest BCUT2D eigenvalue weighted by molar-refractivity contribution is 5.79. The SMILES string of the molecule is CN(C(=O)C1CC2CC3CC(C45CC6CCCC(C(=O)O)(C4)C(C6)C5)(C2)CC3C1)C1CCC(c2ccccc2)CC1. The van der Waals surface area contributed by atoms with E-state index in [1.165, 1.54) is 69.8 Å². The lowest BCUT2D eigenvalue weighted by Gasteiger charge is -2.55. The molecule has 1 amide bonds. The molecule has 0 saturated heterocycles. The fraction of sp³-hybridized carbons (Fsp3) is 0.784. The normalized spacial score (nSPS) is 48.0. The minimum Gasteiger partial charge on any atom is -0.481 e. The van der Waals surface area contributed by atoms with E-state index in [1.54, 1.807) is 0 Å². The Morgan fingerprint density at radius 3 is 2.29 bits per heavy atom. The smallest absolute Gasteiger partial charge is 0.309 e. The van der Waals surface area contributed by atoms with Crippen LogP contribution >= 0.6 is 0 Å². The molecule has 0 spiro atoms. The minimum absolute atomic E-state index is 0.202. The molecule has 0 radical (unpaired) electrons. The molecule has 8 rings (SSSR count). The molecule has 7 fully saturated rings. The summed E-state index contributed by atoms with van der Waals surface area (Å²) in [6.45, 7) is 0. The van der Waals surface area contributed by atoms with E-state index in [2.05, 4.69) is 42.3 Å². The van der Waals surface area contributed by atoms with Crippen molar-refractivity contribution in [3.05, 3.63) is 35.9 Å². The van der Waals surface area contributed by atoms with Crippen molar-refractivity contribution in [3.8, 4) is 0 Å². The zero-order valence-corrected chi connectivity index (χ0v) is 25.2. The Labute approximate surface area is 247 Å². The summed E-state index contributed by atoms with van der Waals surface area (Å²) in [6.07, 6.45) is 20.0. The number of carboxylic acids is 1. The number of rotatable bonds is 5. The first-order valence-corrected chi connectivity index (χ1v) is 17.3. The number of carbonyl (C=O) groups is 2. The van der Waals surface area contributed by atoms with Crippen LogP contribution in [0.4, 0.5) is 0 Å². The predicted molar refractivity (Wildman–Crippen MR) is 160 cm³/mol. The molecule has 1 N–H and O–H groups in total. The van der Waals surface area contributed by atoms with Crippen LogP contribution in [-0.2, 0) is 9.59 Å². The van der Waals surface area contributed by atoms with Crippen molar-refractivity contribution in [1.82, 2.24) is 4.90 Å². The molecule has 222 valence electrons. The van der Waals surface area contributed by atoms with E-state index in [-0.39, 0.29) is 11.3 Å². The van der Waals surface area contributed by atoms with Gasteiger partial charge in [0.15, 0.2) is 0 Å². The van der Waals surface area contributed by atoms with E-state index in [0.717, 1.165) is 56.8 Å². The van der Waals surface area contributed by atoms with Gasteiger partial charge in [-0.15, -0.1) is 0 Å². The second-order valence-electron chi connectivity index (χ2n) is 16.6. The van der Waals surface area contributed by atoms with Gasteiger partial charge in [0.2, 0.25) is 5.91 Å². The molecular formula is C37H51NO3. The van der Waals surface area contributed by atoms with E-state index in [0.29, 0.717) is 41.0 Å². The largest absolute Gasteiger partial charge is 0.481 e. The fourth-order valence-electron chi connectivity index (χ4n) is 13.3. The van der Waals surface area contributed by atoms with Gasteiger partial charge in [-0.05, 0) is 148 Å². The Morgan fingerprint density at radius 2 is 1.54 bits per heavy atom. The van der Waals surface area contributed by atoms with Gasteiger partial charge in [0.1, 0.15) is 0 Å². The molecule has 1 aromatic carbocycles. The highest BCUT2D eigenvalue weighted by Gasteiger charge is 2.71. The van der Waals surface area contributed by atoms with Crippen LogP contribution in [0.25, 0.3) is 0 Å². The van der Waals surface area contributed by atoms with E-state index in [9.17, 15) is 14.7 Å². The molecular weight excluding hydrogens is 506 g/mol. The second-order valence-corrected chi connectivity index (χ2v) is 16.6. The van der Waals surface area contributed by atoms with Crippen LogP contribution in [0.15, 0.2) is 30.3 Å². The van der Waals surface area contributed by atoms with Crippen molar-refractivity contribution in [1.29, 1.82) is 0 Å². The maximum absolute atomic E-state index is 14.1. The van der Waals surface area contributed by atoms with Gasteiger partial charge in [-0.1, -0.05) is 43.2 Å². The Morgan fingerprint density at radius 1 is 0.805 bits per heavy atom. The number of carboxylic acid groups (broad SMARTS) is 1. The van der Waals surface area contributed by atoms with E-state index >= 15 is 0 Å². The molecule has 41 heavy (non-hydrogen) atoms. The van der Waals surface area contributed by atoms with Crippen LogP contribution in [0.2, 0.25) is 0 Å². The Hall–Kier alpha value is -1.84. The molecule has 4 heteroatoms. The van der Waals surface area contributed by atoms with Crippen molar-refractivity contribution in [2.24, 2.45) is 51.8 Å². The Kier molecular flexibility index (Phi) is 6.25. The summed E-state index contributed by atoms with van der Waals surface area (Å²) in [5.74, 6) is 4.09. The summed E-state index contributed by atoms with van der Waals surface area (Å²) in [5.41, 5.74) is 1.64. The monoisotopic (exact) mass is 557 g/mol. The lowest BCUT2D eigenvalue weighted by molar-refractivity contribution is -0.152. The number of benzene rings is 1. The average molecular weight is 558 g/mol. The summed E-state index contributed by atoms with van der Waals surface area (Å²) in [7, 11) is 2.11. The maximum Gasteiger partial charge on any atom is 0.309 e. The predicted octanol–water partition coefficient (Wildman–Crippen LogP) is 8.07. The van der Waals surface area contributed by atoms with Gasteiger partial charge in [0.25, 0.3) is 0 Å². The molecule has 0 heterocycles. The molecule has 1 aromatic rings. The van der Waals surface area contributed by atoms with Crippen molar-refractivity contribution in [3.63, 3.8) is 0 Å². The standard InChI is InChI=1S/C37H51NO3/c1-38(32-11-9-27(10-12-32)26-7-3-2-4-8-26)33(39)28-14-25-15-29-20-35(19-25,21-30(29)17-28)36-18-24-6-5-13-37(23-36,34(40)41)31(16-24)22-36/h2-4,7-8,24-25,27-32H,5-6,9-23H2,1H3,(H,40,41). The first-order valence-electron chi connectivity index (χ1n) is 17.3. The first-order chi connectivity index (χ1) is 19.8. The van der Waals surface area contributed by atoms with Gasteiger partial charge in [-0.25, -0.2) is 0 Å². The Bertz CT molecular complexity index is 1190. The third-order valence-corrected chi connectivity index (χ3v) is 14.9. The van der Waals surface area contributed by atoms with Crippen LogP contribution in [0, 0.1) is 51.8 Å². The number of amides is 1. The third kappa shape index (κ3) is 4.04. The summed E-state index contributed by atoms with van der Waals surface area (Å²) in [6, 6.07) is 11.4. The quantitative estimate of drug-likeness (QED) is 0.398. The van der Waals surface area contributed by atoms with Crippen molar-refractivity contribution >= 4 is 11.9 Å². The van der Waals surface area contributed by atoms with E-state index in [4.69, 9.17) is 0 Å². The molecule has 7 saturated carbocycles. The lowest BCUT2D eigenvalue weighted by Crippen LogP contribution is -2.47. The minimum atomic E-state index is -0.472. The molecule has 9 atom stereocenters. The van der Waals surface area contributed by atoms with Crippen LogP contribution in [0.3, 0.4) is 0 Å². The van der Waals surface area contributed by atoms with Gasteiger partial charge >= 0.3 is 5.97 Å². The number of carbonyl (C=O) groups excluding carboxylic acids is 1. The number of nitrogens with zero attached hydrogens (tertiary/aromatic N) is 1. The van der Waals surface area contributed by atoms with Gasteiger partial charge in [0.05, 0.1) is 5.41 Å². The molecule has 7 aliphatic carbocycles. The van der Waals surface area contributed by atoms with Gasteiger partial charge < -0.3 is 10.0 Å². The summed E-state index contributed by atoms with van der Waals surface area (Å²) in [4.78, 5) is 29.1. The molecule has 9 unspecified atom stereocenters. The van der Waals surface area contributed by atoms with Gasteiger partial charge in [-0.3, -0.25) is 9.59 Å². The van der Waals surface area contributed by atoms with Crippen molar-refractivity contribution in [2.75, 3.05) is 7.05 Å². The zero-order valence-electron chi connectivity index (χ0n) is 25.2. The van der Waals surface area contributed by atoms with Crippen molar-refractivity contribution < 1.29 is 14.7 Å². The fourth-order valence-corrected chi connectivity index (χ4v) is 13.3. The van der Waals surface area contributed by atoms with Gasteiger partial charge in [-0.2, -0.15) is 0 Å². The number of aliphatic carboxylic acids is 1. The summed E-state index contributed by atoms with van der Waals surface area (Å²) < 4.78 is 0. The third-order valence-electron chi connectivity index (χ3n) is 14.9. The van der Waals surface area contributed by atoms with E-state index < -0.39 is 11.4 Å². The number of hydrogen-bond donors (Lipinski definition) is 1. The van der Waals surface area contributed by atoms with Crippen molar-refractivity contribution in [2.45, 2.75) is 121 Å². The highest BCUT2D eigenvalue weighted by Crippen LogP contribution is 2.77. The average Bonchev–Trinajstić information content (AvgIpc) is 3.27. The van der Waals surface area contributed by atoms with Crippen LogP contribution < -0.4 is 0 Å². The maximum atomic E-state index is 14.1. The second kappa shape index (κ2) is 9.58. The number of fused-ring (bicyclic) bond motifs is 5. The van der Waals surface area contributed by atoms with Gasteiger partial charge in [0, 0.05) is 19.0 Å².